The summed E-state index contributed by atoms with van der Waals surface area (Å²) in [6.45, 7) is 3.05. The lowest BCUT2D eigenvalue weighted by atomic mass is 9.83. The van der Waals surface area contributed by atoms with Gasteiger partial charge >= 0.3 is 6.09 Å². The molecule has 16 heteroatoms. The van der Waals surface area contributed by atoms with Crippen molar-refractivity contribution in [2.75, 3.05) is 54.0 Å². The van der Waals surface area contributed by atoms with E-state index >= 15 is 0 Å². The second-order valence-corrected chi connectivity index (χ2v) is 14.8. The summed E-state index contributed by atoms with van der Waals surface area (Å²) in [5.41, 5.74) is 1.47. The maximum atomic E-state index is 14.3. The third kappa shape index (κ3) is 12.2. The van der Waals surface area contributed by atoms with E-state index in [9.17, 15) is 24.3 Å². The number of nitrogens with one attached hydrogen (secondary N) is 3. The number of aliphatic hydroxyl groups is 1. The number of ether oxygens (including phenoxy) is 5. The van der Waals surface area contributed by atoms with Crippen LogP contribution in [-0.2, 0) is 50.9 Å². The van der Waals surface area contributed by atoms with Crippen LogP contribution < -0.4 is 10.6 Å². The molecule has 5 rings (SSSR count). The molecule has 3 aliphatic rings. The average molecular weight is 771 g/mol. The maximum Gasteiger partial charge on any atom is 0.410 e. The molecule has 2 aliphatic heterocycles. The van der Waals surface area contributed by atoms with Crippen LogP contribution in [0.1, 0.15) is 63.1 Å². The fourth-order valence-electron chi connectivity index (χ4n) is 7.77. The quantitative estimate of drug-likeness (QED) is 0.136. The molecule has 55 heavy (non-hydrogen) atoms. The Balaban J connectivity index is 1.34. The molecule has 7 atom stereocenters. The zero-order chi connectivity index (χ0) is 39.2. The Bertz CT molecular complexity index is 1480. The number of carbonyl (C=O) groups excluding carboxylic acids is 4. The lowest BCUT2D eigenvalue weighted by Gasteiger charge is -2.33. The van der Waals surface area contributed by atoms with Crippen molar-refractivity contribution in [1.29, 1.82) is 0 Å². The zero-order valence-corrected chi connectivity index (χ0v) is 32.2. The van der Waals surface area contributed by atoms with Gasteiger partial charge in [0.1, 0.15) is 44.0 Å². The summed E-state index contributed by atoms with van der Waals surface area (Å²) in [5, 5.41) is 17.6. The van der Waals surface area contributed by atoms with Gasteiger partial charge in [-0.15, -0.1) is 0 Å². The molecule has 2 aromatic rings. The Morgan fingerprint density at radius 2 is 1.65 bits per heavy atom. The number of aliphatic hydroxyl groups excluding tert-OH is 1. The number of imidazole rings is 1. The molecule has 16 nitrogen and oxygen atoms in total. The van der Waals surface area contributed by atoms with E-state index in [0.29, 0.717) is 18.7 Å². The minimum absolute atomic E-state index is 0.0277. The molecule has 4 amide bonds. The lowest BCUT2D eigenvalue weighted by Crippen LogP contribution is -2.57. The van der Waals surface area contributed by atoms with Crippen LogP contribution in [0.3, 0.4) is 0 Å². The van der Waals surface area contributed by atoms with E-state index in [-0.39, 0.29) is 64.3 Å². The number of aromatic nitrogens is 2. The molecule has 3 fully saturated rings. The molecule has 0 bridgehead atoms. The summed E-state index contributed by atoms with van der Waals surface area (Å²) < 4.78 is 27.3. The van der Waals surface area contributed by atoms with E-state index < -0.39 is 60.3 Å². The number of methoxy groups -OCH3 is 2. The molecule has 304 valence electrons. The normalized spacial score (nSPS) is 22.5. The first kappa shape index (κ1) is 42.1. The second kappa shape index (κ2) is 21.3. The van der Waals surface area contributed by atoms with Crippen molar-refractivity contribution >= 4 is 23.8 Å². The van der Waals surface area contributed by atoms with Gasteiger partial charge in [0.25, 0.3) is 0 Å². The first-order valence-electron chi connectivity index (χ1n) is 19.4. The number of H-pyrrole nitrogens is 1. The number of likely N-dealkylation sites (tertiary alicyclic amines) is 1. The van der Waals surface area contributed by atoms with Crippen molar-refractivity contribution in [1.82, 2.24) is 30.4 Å². The summed E-state index contributed by atoms with van der Waals surface area (Å²) in [7, 11) is 3.03. The number of rotatable bonds is 21. The highest BCUT2D eigenvalue weighted by Gasteiger charge is 2.42. The Labute approximate surface area is 322 Å². The Morgan fingerprint density at radius 3 is 2.25 bits per heavy atom. The topological polar surface area (TPSA) is 194 Å². The Hall–Kier alpha value is -4.09. The predicted octanol–water partition coefficient (Wildman–Crippen LogP) is 2.16. The fraction of sp³-hybridized carbons (Fsp3) is 0.667. The minimum atomic E-state index is -1.16. The molecule has 0 unspecified atom stereocenters. The Kier molecular flexibility index (Phi) is 16.3. The van der Waals surface area contributed by atoms with E-state index in [4.69, 9.17) is 23.7 Å². The van der Waals surface area contributed by atoms with Crippen LogP contribution in [0.25, 0.3) is 0 Å². The predicted molar refractivity (Wildman–Crippen MR) is 199 cm³/mol. The van der Waals surface area contributed by atoms with Crippen LogP contribution in [0, 0.1) is 11.8 Å². The van der Waals surface area contributed by atoms with Crippen LogP contribution in [0.15, 0.2) is 42.9 Å². The van der Waals surface area contributed by atoms with E-state index in [1.54, 1.807) is 11.1 Å². The molecule has 0 radical (unpaired) electrons. The first-order chi connectivity index (χ1) is 26.7. The summed E-state index contributed by atoms with van der Waals surface area (Å²) in [4.78, 5) is 65.2. The number of benzene rings is 1. The van der Waals surface area contributed by atoms with E-state index in [1.807, 2.05) is 37.3 Å². The standard InChI is InChI=1S/C39H58N6O10/c1-4-44-22-34(55-39(44)50)36(47)30(16-27-13-9-6-10-14-27)42-38(49)31(18-29-19-40-23-41-29)43-37(48)28(15-26-11-7-5-8-12-26)17-35(46)45-20-32(53-24-51-2)33(21-45)54-25-52-3/h5,7-8,11-12,19,23,27-28,30-34,36,47H,4,6,9-10,13-18,20-22,24-25H2,1-3H3,(H,40,41)(H,42,49)(H,43,48)/t28-,30-,31-,32-,33+,34-,36+/m0/s1. The van der Waals surface area contributed by atoms with Gasteiger partial charge in [0.2, 0.25) is 17.7 Å². The molecule has 1 aromatic heterocycles. The van der Waals surface area contributed by atoms with Crippen molar-refractivity contribution in [3.63, 3.8) is 0 Å². The van der Waals surface area contributed by atoms with Gasteiger partial charge in [0.15, 0.2) is 0 Å². The number of carbonyl (C=O) groups is 4. The largest absolute Gasteiger partial charge is 0.441 e. The molecule has 1 aliphatic carbocycles. The minimum Gasteiger partial charge on any atom is -0.441 e. The van der Waals surface area contributed by atoms with Crippen molar-refractivity contribution in [3.05, 3.63) is 54.1 Å². The van der Waals surface area contributed by atoms with Crippen LogP contribution in [0.5, 0.6) is 0 Å². The highest BCUT2D eigenvalue weighted by atomic mass is 16.7. The summed E-state index contributed by atoms with van der Waals surface area (Å²) in [6.07, 6.45) is 5.67. The fourth-order valence-corrected chi connectivity index (χ4v) is 7.77. The van der Waals surface area contributed by atoms with E-state index in [2.05, 4.69) is 20.6 Å². The number of amides is 4. The maximum absolute atomic E-state index is 14.3. The lowest BCUT2D eigenvalue weighted by molar-refractivity contribution is -0.139. The zero-order valence-electron chi connectivity index (χ0n) is 32.2. The van der Waals surface area contributed by atoms with Gasteiger partial charge < -0.3 is 54.2 Å². The van der Waals surface area contributed by atoms with E-state index in [1.165, 1.54) is 25.4 Å². The molecule has 1 aromatic carbocycles. The SMILES string of the molecule is CCN1C[C@@H]([C@H](O)[C@H](CC2CCCCC2)NC(=O)[C@H](Cc2cnc[nH]2)NC(=O)[C@H](CC(=O)N2C[C@H](OCOC)[C@H](OCOC)C2)Cc2ccccc2)OC1=O. The second-order valence-electron chi connectivity index (χ2n) is 14.8. The van der Waals surface area contributed by atoms with Gasteiger partial charge in [-0.05, 0) is 31.2 Å². The van der Waals surface area contributed by atoms with Gasteiger partial charge in [-0.25, -0.2) is 9.78 Å². The van der Waals surface area contributed by atoms with Gasteiger partial charge in [-0.2, -0.15) is 0 Å². The van der Waals surface area contributed by atoms with Crippen molar-refractivity contribution < 1.29 is 48.0 Å². The summed E-state index contributed by atoms with van der Waals surface area (Å²) >= 11 is 0. The third-order valence-corrected chi connectivity index (χ3v) is 10.8. The van der Waals surface area contributed by atoms with E-state index in [0.717, 1.165) is 37.7 Å². The number of hydrogen-bond donors (Lipinski definition) is 4. The van der Waals surface area contributed by atoms with Crippen LogP contribution in [0.2, 0.25) is 0 Å². The van der Waals surface area contributed by atoms with Crippen LogP contribution >= 0.6 is 0 Å². The number of aromatic amines is 1. The third-order valence-electron chi connectivity index (χ3n) is 10.8. The smallest absolute Gasteiger partial charge is 0.410 e. The highest BCUT2D eigenvalue weighted by molar-refractivity contribution is 5.91. The van der Waals surface area contributed by atoms with Crippen molar-refractivity contribution in [2.24, 2.45) is 11.8 Å². The summed E-state index contributed by atoms with van der Waals surface area (Å²) in [6, 6.07) is 7.60. The monoisotopic (exact) mass is 770 g/mol. The number of hydrogen-bond acceptors (Lipinski definition) is 11. The van der Waals surface area contributed by atoms with Crippen LogP contribution in [0.4, 0.5) is 4.79 Å². The van der Waals surface area contributed by atoms with Gasteiger partial charge in [0, 0.05) is 58.6 Å². The summed E-state index contributed by atoms with van der Waals surface area (Å²) in [5.74, 6) is -1.78. The van der Waals surface area contributed by atoms with Gasteiger partial charge in [-0.3, -0.25) is 14.4 Å². The molecular weight excluding hydrogens is 712 g/mol. The van der Waals surface area contributed by atoms with Crippen molar-refractivity contribution in [3.8, 4) is 0 Å². The van der Waals surface area contributed by atoms with Crippen molar-refractivity contribution in [2.45, 2.75) is 101 Å². The first-order valence-corrected chi connectivity index (χ1v) is 19.4. The molecular formula is C39H58N6O10. The number of nitrogens with zero attached hydrogens (tertiary/aromatic N) is 3. The molecule has 2 saturated heterocycles. The Morgan fingerprint density at radius 1 is 0.964 bits per heavy atom. The highest BCUT2D eigenvalue weighted by Crippen LogP contribution is 2.30. The molecule has 4 N–H and O–H groups in total. The van der Waals surface area contributed by atoms with Gasteiger partial charge in [0.05, 0.1) is 24.8 Å². The molecule has 3 heterocycles. The molecule has 0 spiro atoms. The van der Waals surface area contributed by atoms with Gasteiger partial charge in [-0.1, -0.05) is 62.4 Å². The average Bonchev–Trinajstić information content (AvgIpc) is 3.96. The molecule has 1 saturated carbocycles. The number of cyclic esters (lactones) is 1. The number of likely N-dealkylation sites (N-methyl/N-ethyl adjacent to an activating group) is 1. The van der Waals surface area contributed by atoms with Crippen LogP contribution in [-0.4, -0.2) is 139 Å².